The molecule has 21 heteroatoms. The Bertz CT molecular complexity index is 3190. The topological polar surface area (TPSA) is 236 Å². The Morgan fingerprint density at radius 1 is 0.814 bits per heavy atom. The van der Waals surface area contributed by atoms with Crippen LogP contribution < -0.4 is 9.80 Å². The largest absolute Gasteiger partial charge is 0.378 e. The minimum atomic E-state index is -4.97. The number of unbranched alkanes of at least 4 members (excludes halogenated alkanes) is 2. The van der Waals surface area contributed by atoms with Crippen LogP contribution in [0, 0.1) is 0 Å². The number of fused-ring (bicyclic) bond motifs is 4. The lowest BCUT2D eigenvalue weighted by molar-refractivity contribution is -0.438. The summed E-state index contributed by atoms with van der Waals surface area (Å²) in [6.07, 6.45) is 11.5. The summed E-state index contributed by atoms with van der Waals surface area (Å²) >= 11 is 7.27. The van der Waals surface area contributed by atoms with Crippen LogP contribution in [0.3, 0.4) is 0 Å². The van der Waals surface area contributed by atoms with Gasteiger partial charge in [0.1, 0.15) is 11.4 Å². The lowest BCUT2D eigenvalue weighted by Crippen LogP contribution is -2.31. The lowest BCUT2D eigenvalue weighted by atomic mass is 9.78. The molecule has 3 heterocycles. The van der Waals surface area contributed by atoms with Gasteiger partial charge >= 0.3 is 5.97 Å². The molecule has 376 valence electrons. The zero-order valence-electron chi connectivity index (χ0n) is 39.9. The minimum absolute atomic E-state index is 0.0206. The molecule has 17 nitrogen and oxygen atoms in total. The Balaban J connectivity index is 1.24. The van der Waals surface area contributed by atoms with Gasteiger partial charge in [0.25, 0.3) is 42.2 Å². The Morgan fingerprint density at radius 2 is 1.51 bits per heavy atom. The average Bonchev–Trinajstić information content (AvgIpc) is 3.78. The normalized spacial score (nSPS) is 19.4. The van der Waals surface area contributed by atoms with Gasteiger partial charge in [-0.05, 0) is 117 Å². The maximum Gasteiger partial charge on any atom is 0.333 e. The van der Waals surface area contributed by atoms with E-state index < -0.39 is 68.8 Å². The van der Waals surface area contributed by atoms with E-state index in [1.165, 1.54) is 12.1 Å². The molecule has 1 saturated heterocycles. The van der Waals surface area contributed by atoms with Crippen LogP contribution >= 0.6 is 11.6 Å². The number of imide groups is 1. The van der Waals surface area contributed by atoms with Gasteiger partial charge in [-0.25, -0.2) is 4.79 Å². The molecule has 3 aliphatic heterocycles. The standard InChI is InChI=1S/C49H57ClN4O13S3/c1-48(2)37-28-33(51(5)6)17-19-38(37)52(26-11-27-68(58,59)60)41(48)21-15-31-12-10-13-32(47(31)50)16-22-42-49(3,4)46-36-29-34(69(61,62)63)30-40(70(64,65)66)35(36)18-20-39(46)53(42)25-9-7-8-14-45(57)67-54-43(55)23-24-44(54)56/h15-22,28-30H,7-14,23-27H2,1-6H3,(H2-,58,59,60,61,62,63,64,65,66)/p+1. The molecule has 3 aromatic carbocycles. The third-order valence-electron chi connectivity index (χ3n) is 13.4. The summed E-state index contributed by atoms with van der Waals surface area (Å²) in [6.45, 7) is 8.74. The molecule has 3 N–H and O–H groups in total. The molecule has 70 heavy (non-hydrogen) atoms. The number of allylic oxidation sites excluding steroid dienone is 8. The number of anilines is 2. The number of nitrogens with zero attached hydrogens (tertiary/aromatic N) is 4. The fraction of sp³-hybridized carbons (Fsp3) is 0.429. The zero-order chi connectivity index (χ0) is 51.3. The summed E-state index contributed by atoms with van der Waals surface area (Å²) < 4.78 is 106. The quantitative estimate of drug-likeness (QED) is 0.0502. The van der Waals surface area contributed by atoms with Crippen molar-refractivity contribution in [2.45, 2.75) is 113 Å². The number of carbonyl (C=O) groups is 3. The van der Waals surface area contributed by atoms with Crippen molar-refractivity contribution in [2.75, 3.05) is 42.7 Å². The first kappa shape index (κ1) is 52.6. The number of rotatable bonds is 17. The Labute approximate surface area is 414 Å². The molecular formula is C49H58ClN4O13S3+. The van der Waals surface area contributed by atoms with E-state index in [1.54, 1.807) is 6.07 Å². The second-order valence-corrected chi connectivity index (χ2v) is 24.0. The van der Waals surface area contributed by atoms with Gasteiger partial charge in [-0.1, -0.05) is 37.6 Å². The summed E-state index contributed by atoms with van der Waals surface area (Å²) in [4.78, 5) is 44.2. The van der Waals surface area contributed by atoms with Crippen LogP contribution in [-0.2, 0) is 60.4 Å². The predicted molar refractivity (Wildman–Crippen MR) is 266 cm³/mol. The number of hydroxylamine groups is 2. The highest BCUT2D eigenvalue weighted by Crippen LogP contribution is 2.50. The summed E-state index contributed by atoms with van der Waals surface area (Å²) in [5.41, 5.74) is 6.14. The fourth-order valence-corrected chi connectivity index (χ4v) is 12.1. The molecular weight excluding hydrogens is 984 g/mol. The third-order valence-corrected chi connectivity index (χ3v) is 16.5. The Hall–Kier alpha value is -5.22. The number of hydrogen-bond donors (Lipinski definition) is 3. The van der Waals surface area contributed by atoms with Crippen molar-refractivity contribution in [3.8, 4) is 0 Å². The Kier molecular flexibility index (Phi) is 14.9. The van der Waals surface area contributed by atoms with Crippen LogP contribution in [0.25, 0.3) is 10.8 Å². The van der Waals surface area contributed by atoms with E-state index in [2.05, 4.69) is 24.8 Å². The van der Waals surface area contributed by atoms with Crippen LogP contribution in [-0.4, -0.2) is 105 Å². The molecule has 0 bridgehead atoms. The van der Waals surface area contributed by atoms with E-state index in [-0.39, 0.29) is 42.2 Å². The van der Waals surface area contributed by atoms with E-state index in [0.717, 1.165) is 52.0 Å². The highest BCUT2D eigenvalue weighted by molar-refractivity contribution is 7.87. The van der Waals surface area contributed by atoms with Crippen molar-refractivity contribution in [3.05, 3.63) is 99.8 Å². The maximum absolute atomic E-state index is 12.7. The lowest BCUT2D eigenvalue weighted by Gasteiger charge is -2.27. The number of hydrogen-bond acceptors (Lipinski definition) is 12. The van der Waals surface area contributed by atoms with Gasteiger partial charge in [-0.2, -0.15) is 29.8 Å². The van der Waals surface area contributed by atoms with Gasteiger partial charge < -0.3 is 14.6 Å². The molecule has 2 amide bonds. The van der Waals surface area contributed by atoms with Crippen molar-refractivity contribution in [1.82, 2.24) is 5.06 Å². The van der Waals surface area contributed by atoms with Crippen LogP contribution in [0.2, 0.25) is 0 Å². The molecule has 0 spiro atoms. The van der Waals surface area contributed by atoms with E-state index in [9.17, 15) is 53.3 Å². The zero-order valence-corrected chi connectivity index (χ0v) is 43.1. The molecule has 1 aliphatic carbocycles. The minimum Gasteiger partial charge on any atom is -0.378 e. The predicted octanol–water partition coefficient (Wildman–Crippen LogP) is 8.06. The first-order valence-corrected chi connectivity index (χ1v) is 27.8. The van der Waals surface area contributed by atoms with Gasteiger partial charge in [0.15, 0.2) is 5.71 Å². The van der Waals surface area contributed by atoms with Crippen molar-refractivity contribution in [2.24, 2.45) is 0 Å². The monoisotopic (exact) mass is 1040 g/mol. The van der Waals surface area contributed by atoms with Crippen molar-refractivity contribution >= 4 is 93.3 Å². The number of carbonyl (C=O) groups excluding carboxylic acids is 3. The first-order valence-electron chi connectivity index (χ1n) is 22.9. The van der Waals surface area contributed by atoms with E-state index >= 15 is 0 Å². The van der Waals surface area contributed by atoms with Gasteiger partial charge in [-0.15, -0.1) is 5.06 Å². The molecule has 0 atom stereocenters. The second kappa shape index (κ2) is 19.8. The van der Waals surface area contributed by atoms with Crippen molar-refractivity contribution in [3.63, 3.8) is 0 Å². The first-order chi connectivity index (χ1) is 32.6. The van der Waals surface area contributed by atoms with E-state index in [0.29, 0.717) is 66.5 Å². The average molecular weight is 1040 g/mol. The molecule has 3 aromatic rings. The van der Waals surface area contributed by atoms with E-state index in [1.807, 2.05) is 73.9 Å². The summed E-state index contributed by atoms with van der Waals surface area (Å²) in [7, 11) is -10.2. The highest BCUT2D eigenvalue weighted by atomic mass is 35.5. The van der Waals surface area contributed by atoms with Gasteiger partial charge in [0, 0.05) is 96.9 Å². The third kappa shape index (κ3) is 10.8. The second-order valence-electron chi connectivity index (χ2n) is 19.2. The summed E-state index contributed by atoms with van der Waals surface area (Å²) in [6, 6.07) is 11.2. The number of amides is 2. The van der Waals surface area contributed by atoms with Crippen LogP contribution in [0.15, 0.2) is 98.4 Å². The highest BCUT2D eigenvalue weighted by Gasteiger charge is 2.46. The van der Waals surface area contributed by atoms with Crippen LogP contribution in [0.4, 0.5) is 17.1 Å². The van der Waals surface area contributed by atoms with Gasteiger partial charge in [0.2, 0.25) is 5.69 Å². The molecule has 0 unspecified atom stereocenters. The SMILES string of the molecule is CN(C)c1ccc2c(c1)C(C)(C)/C(=C\C=C1/CCCC(/C=C/C3=[N+](CCCCCC(=O)ON4C(=O)CCC4=O)c4ccc5c(S(=O)(=O)O)cc(S(=O)(=O)O)cc5c4C3(C)C)=C1Cl)N2CCCS(=O)(=O)O. The van der Waals surface area contributed by atoms with Crippen LogP contribution in [0.5, 0.6) is 0 Å². The molecule has 0 saturated carbocycles. The smallest absolute Gasteiger partial charge is 0.333 e. The summed E-state index contributed by atoms with van der Waals surface area (Å²) in [5.74, 6) is -2.24. The molecule has 4 aliphatic rings. The van der Waals surface area contributed by atoms with Crippen molar-refractivity contribution < 1.29 is 62.7 Å². The summed E-state index contributed by atoms with van der Waals surface area (Å²) in [5, 5.41) is 1.29. The fourth-order valence-electron chi connectivity index (χ4n) is 9.92. The van der Waals surface area contributed by atoms with E-state index in [4.69, 9.17) is 16.4 Å². The number of benzene rings is 3. The molecule has 0 aromatic heterocycles. The van der Waals surface area contributed by atoms with Crippen molar-refractivity contribution in [1.29, 1.82) is 0 Å². The molecule has 0 radical (unpaired) electrons. The maximum atomic E-state index is 12.7. The van der Waals surface area contributed by atoms with Gasteiger partial charge in [0.05, 0.1) is 16.1 Å². The molecule has 1 fully saturated rings. The number of halogens is 1. The molecule has 7 rings (SSSR count). The Morgan fingerprint density at radius 3 is 2.16 bits per heavy atom. The van der Waals surface area contributed by atoms with Crippen LogP contribution in [0.1, 0.15) is 103 Å². The van der Waals surface area contributed by atoms with Gasteiger partial charge in [-0.3, -0.25) is 23.2 Å².